The highest BCUT2D eigenvalue weighted by Gasteiger charge is 2.16. The van der Waals surface area contributed by atoms with Crippen LogP contribution in [0.15, 0.2) is 30.5 Å². The molecule has 0 radical (unpaired) electrons. The lowest BCUT2D eigenvalue weighted by Crippen LogP contribution is -2.30. The Balaban J connectivity index is 2.42. The van der Waals surface area contributed by atoms with Crippen LogP contribution in [0.4, 0.5) is 0 Å². The molecular weight excluding hydrogens is 248 g/mol. The van der Waals surface area contributed by atoms with Crippen LogP contribution in [0, 0.1) is 6.92 Å². The first-order valence-electron chi connectivity index (χ1n) is 5.91. The number of nitrogens with zero attached hydrogens (tertiary/aromatic N) is 2. The van der Waals surface area contributed by atoms with Gasteiger partial charge in [-0.1, -0.05) is 23.7 Å². The van der Waals surface area contributed by atoms with Crippen LogP contribution in [0.3, 0.4) is 0 Å². The SMILES string of the molecule is CCn1nccc1C(NN)c1ccc(Cl)c(C)c1. The third-order valence-electron chi connectivity index (χ3n) is 3.03. The second kappa shape index (κ2) is 5.52. The van der Waals surface area contributed by atoms with Crippen LogP contribution < -0.4 is 11.3 Å². The molecular formula is C13H17ClN4. The maximum Gasteiger partial charge on any atom is 0.0878 e. The summed E-state index contributed by atoms with van der Waals surface area (Å²) >= 11 is 6.04. The van der Waals surface area contributed by atoms with Gasteiger partial charge < -0.3 is 0 Å². The number of rotatable bonds is 4. The zero-order valence-electron chi connectivity index (χ0n) is 10.5. The molecule has 0 fully saturated rings. The quantitative estimate of drug-likeness (QED) is 0.659. The summed E-state index contributed by atoms with van der Waals surface area (Å²) in [5.74, 6) is 5.68. The third kappa shape index (κ3) is 2.41. The van der Waals surface area contributed by atoms with Crippen molar-refractivity contribution in [2.75, 3.05) is 0 Å². The Bertz CT molecular complexity index is 536. The molecule has 4 nitrogen and oxygen atoms in total. The maximum absolute atomic E-state index is 6.04. The van der Waals surface area contributed by atoms with Gasteiger partial charge in [-0.15, -0.1) is 0 Å². The van der Waals surface area contributed by atoms with Gasteiger partial charge in [0.2, 0.25) is 0 Å². The Morgan fingerprint density at radius 3 is 2.83 bits per heavy atom. The van der Waals surface area contributed by atoms with Gasteiger partial charge >= 0.3 is 0 Å². The van der Waals surface area contributed by atoms with Crippen molar-refractivity contribution in [3.63, 3.8) is 0 Å². The van der Waals surface area contributed by atoms with Crippen LogP contribution in [0.5, 0.6) is 0 Å². The number of aryl methyl sites for hydroxylation is 2. The molecule has 0 amide bonds. The molecule has 1 aromatic heterocycles. The van der Waals surface area contributed by atoms with E-state index in [9.17, 15) is 0 Å². The number of halogens is 1. The lowest BCUT2D eigenvalue weighted by atomic mass is 10.0. The summed E-state index contributed by atoms with van der Waals surface area (Å²) in [5, 5.41) is 5.03. The van der Waals surface area contributed by atoms with E-state index < -0.39 is 0 Å². The maximum atomic E-state index is 6.04. The molecule has 0 saturated heterocycles. The monoisotopic (exact) mass is 264 g/mol. The zero-order chi connectivity index (χ0) is 13.1. The summed E-state index contributed by atoms with van der Waals surface area (Å²) in [4.78, 5) is 0. The summed E-state index contributed by atoms with van der Waals surface area (Å²) in [6.07, 6.45) is 1.78. The van der Waals surface area contributed by atoms with E-state index in [1.807, 2.05) is 35.9 Å². The van der Waals surface area contributed by atoms with Gasteiger partial charge in [0.05, 0.1) is 11.7 Å². The van der Waals surface area contributed by atoms with Crippen LogP contribution in [-0.2, 0) is 6.54 Å². The minimum absolute atomic E-state index is 0.0802. The van der Waals surface area contributed by atoms with Gasteiger partial charge in [-0.25, -0.2) is 5.43 Å². The first-order chi connectivity index (χ1) is 8.67. The smallest absolute Gasteiger partial charge is 0.0878 e. The minimum Gasteiger partial charge on any atom is -0.271 e. The molecule has 0 saturated carbocycles. The Morgan fingerprint density at radius 1 is 1.44 bits per heavy atom. The summed E-state index contributed by atoms with van der Waals surface area (Å²) in [7, 11) is 0. The number of nitrogens with two attached hydrogens (primary N) is 1. The molecule has 2 aromatic rings. The van der Waals surface area contributed by atoms with Crippen molar-refractivity contribution >= 4 is 11.6 Å². The van der Waals surface area contributed by atoms with Crippen LogP contribution >= 0.6 is 11.6 Å². The molecule has 1 heterocycles. The van der Waals surface area contributed by atoms with E-state index in [1.54, 1.807) is 6.20 Å². The van der Waals surface area contributed by atoms with Crippen molar-refractivity contribution in [2.24, 2.45) is 5.84 Å². The lowest BCUT2D eigenvalue weighted by Gasteiger charge is -2.18. The van der Waals surface area contributed by atoms with Gasteiger partial charge in [-0.2, -0.15) is 5.10 Å². The van der Waals surface area contributed by atoms with E-state index in [1.165, 1.54) is 0 Å². The second-order valence-electron chi connectivity index (χ2n) is 4.18. The van der Waals surface area contributed by atoms with E-state index >= 15 is 0 Å². The van der Waals surface area contributed by atoms with E-state index in [-0.39, 0.29) is 6.04 Å². The Morgan fingerprint density at radius 2 is 2.22 bits per heavy atom. The van der Waals surface area contributed by atoms with Crippen LogP contribution in [0.1, 0.15) is 29.8 Å². The first kappa shape index (κ1) is 13.1. The molecule has 0 bridgehead atoms. The van der Waals surface area contributed by atoms with Gasteiger partial charge in [-0.05, 0) is 37.1 Å². The largest absolute Gasteiger partial charge is 0.271 e. The molecule has 5 heteroatoms. The van der Waals surface area contributed by atoms with Crippen molar-refractivity contribution in [1.82, 2.24) is 15.2 Å². The van der Waals surface area contributed by atoms with E-state index in [0.717, 1.165) is 28.4 Å². The zero-order valence-corrected chi connectivity index (χ0v) is 11.3. The second-order valence-corrected chi connectivity index (χ2v) is 4.59. The molecule has 2 rings (SSSR count). The van der Waals surface area contributed by atoms with Crippen LogP contribution in [-0.4, -0.2) is 9.78 Å². The average Bonchev–Trinajstić information content (AvgIpc) is 2.83. The normalized spacial score (nSPS) is 12.7. The van der Waals surface area contributed by atoms with Crippen LogP contribution in [0.2, 0.25) is 5.02 Å². The summed E-state index contributed by atoms with van der Waals surface area (Å²) in [6, 6.07) is 7.80. The molecule has 1 unspecified atom stereocenters. The summed E-state index contributed by atoms with van der Waals surface area (Å²) < 4.78 is 1.93. The van der Waals surface area contributed by atoms with Crippen molar-refractivity contribution in [1.29, 1.82) is 0 Å². The fourth-order valence-corrected chi connectivity index (χ4v) is 2.17. The van der Waals surface area contributed by atoms with Crippen molar-refractivity contribution in [2.45, 2.75) is 26.4 Å². The summed E-state index contributed by atoms with van der Waals surface area (Å²) in [6.45, 7) is 4.85. The van der Waals surface area contributed by atoms with Gasteiger partial charge in [0.25, 0.3) is 0 Å². The third-order valence-corrected chi connectivity index (χ3v) is 3.45. The molecule has 0 aliphatic carbocycles. The molecule has 0 spiro atoms. The molecule has 18 heavy (non-hydrogen) atoms. The summed E-state index contributed by atoms with van der Waals surface area (Å²) in [5.41, 5.74) is 6.00. The van der Waals surface area contributed by atoms with Crippen molar-refractivity contribution in [3.8, 4) is 0 Å². The highest BCUT2D eigenvalue weighted by molar-refractivity contribution is 6.31. The fourth-order valence-electron chi connectivity index (χ4n) is 2.05. The number of nitrogens with one attached hydrogen (secondary N) is 1. The van der Waals surface area contributed by atoms with E-state index in [2.05, 4.69) is 17.4 Å². The topological polar surface area (TPSA) is 55.9 Å². The molecule has 0 aliphatic heterocycles. The molecule has 1 atom stereocenters. The Hall–Kier alpha value is -1.36. The van der Waals surface area contributed by atoms with Crippen molar-refractivity contribution < 1.29 is 0 Å². The van der Waals surface area contributed by atoms with Gasteiger partial charge in [0, 0.05) is 17.8 Å². The van der Waals surface area contributed by atoms with Gasteiger partial charge in [-0.3, -0.25) is 10.5 Å². The van der Waals surface area contributed by atoms with Gasteiger partial charge in [0.15, 0.2) is 0 Å². The molecule has 3 N–H and O–H groups in total. The first-order valence-corrected chi connectivity index (χ1v) is 6.29. The number of benzene rings is 1. The number of hydrogen-bond acceptors (Lipinski definition) is 3. The van der Waals surface area contributed by atoms with Gasteiger partial charge in [0.1, 0.15) is 0 Å². The lowest BCUT2D eigenvalue weighted by molar-refractivity contribution is 0.543. The molecule has 0 aliphatic rings. The number of aromatic nitrogens is 2. The molecule has 96 valence electrons. The number of hydrazine groups is 1. The predicted octanol–water partition coefficient (Wildman–Crippen LogP) is 2.42. The van der Waals surface area contributed by atoms with E-state index in [4.69, 9.17) is 17.4 Å². The minimum atomic E-state index is -0.0802. The standard InChI is InChI=1S/C13H17ClN4/c1-3-18-12(6-7-16-18)13(17-15)10-4-5-11(14)9(2)8-10/h4-8,13,17H,3,15H2,1-2H3. The van der Waals surface area contributed by atoms with Crippen molar-refractivity contribution in [3.05, 3.63) is 52.3 Å². The average molecular weight is 265 g/mol. The van der Waals surface area contributed by atoms with E-state index in [0.29, 0.717) is 0 Å². The fraction of sp³-hybridized carbons (Fsp3) is 0.308. The Kier molecular flexibility index (Phi) is 4.01. The van der Waals surface area contributed by atoms with Crippen LogP contribution in [0.25, 0.3) is 0 Å². The predicted molar refractivity (Wildman–Crippen MR) is 73.3 cm³/mol. The molecule has 1 aromatic carbocycles. The highest BCUT2D eigenvalue weighted by Crippen LogP contribution is 2.25. The highest BCUT2D eigenvalue weighted by atomic mass is 35.5. The Labute approximate surface area is 112 Å². The number of hydrogen-bond donors (Lipinski definition) is 2.